The number of carbonyl (C=O) groups excluding carboxylic acids is 3. The second-order valence-electron chi connectivity index (χ2n) is 6.30. The highest BCUT2D eigenvalue weighted by molar-refractivity contribution is 6.06. The van der Waals surface area contributed by atoms with E-state index in [2.05, 4.69) is 5.32 Å². The van der Waals surface area contributed by atoms with E-state index in [9.17, 15) is 14.4 Å². The Morgan fingerprint density at radius 3 is 2.62 bits per heavy atom. The van der Waals surface area contributed by atoms with Gasteiger partial charge in [0.05, 0.1) is 18.6 Å². The quantitative estimate of drug-likeness (QED) is 0.733. The summed E-state index contributed by atoms with van der Waals surface area (Å²) in [6, 6.07) is 0. The molecule has 1 aliphatic carbocycles. The fourth-order valence-electron chi connectivity index (χ4n) is 3.30. The summed E-state index contributed by atoms with van der Waals surface area (Å²) in [5.41, 5.74) is -0.428. The first-order valence-corrected chi connectivity index (χ1v) is 7.78. The first-order chi connectivity index (χ1) is 9.98. The van der Waals surface area contributed by atoms with Crippen LogP contribution in [0.5, 0.6) is 0 Å². The van der Waals surface area contributed by atoms with Crippen LogP contribution in [0, 0.1) is 5.41 Å². The number of likely N-dealkylation sites (tertiary alicyclic amines) is 1. The fourth-order valence-corrected chi connectivity index (χ4v) is 3.30. The Morgan fingerprint density at radius 1 is 1.33 bits per heavy atom. The van der Waals surface area contributed by atoms with Crippen LogP contribution in [0.15, 0.2) is 0 Å². The molecule has 118 valence electrons. The Balaban J connectivity index is 1.89. The third-order valence-electron chi connectivity index (χ3n) is 4.42. The van der Waals surface area contributed by atoms with Crippen molar-refractivity contribution in [2.45, 2.75) is 45.4 Å². The minimum absolute atomic E-state index is 0.0363. The Morgan fingerprint density at radius 2 is 2.00 bits per heavy atom. The molecule has 21 heavy (non-hydrogen) atoms. The van der Waals surface area contributed by atoms with Crippen LogP contribution >= 0.6 is 0 Å². The lowest BCUT2D eigenvalue weighted by molar-refractivity contribution is -0.144. The van der Waals surface area contributed by atoms with Crippen LogP contribution in [0.25, 0.3) is 0 Å². The monoisotopic (exact) mass is 295 g/mol. The van der Waals surface area contributed by atoms with E-state index in [1.54, 1.807) is 11.9 Å². The van der Waals surface area contributed by atoms with Crippen LogP contribution in [0.1, 0.15) is 45.4 Å². The number of nitrogens with one attached hydrogen (secondary N) is 1. The first kappa shape index (κ1) is 15.9. The van der Waals surface area contributed by atoms with E-state index in [4.69, 9.17) is 0 Å². The van der Waals surface area contributed by atoms with Crippen molar-refractivity contribution in [3.05, 3.63) is 0 Å². The molecular weight excluding hydrogens is 270 g/mol. The number of imide groups is 1. The predicted molar refractivity (Wildman–Crippen MR) is 78.2 cm³/mol. The molecule has 0 atom stereocenters. The molecule has 0 bridgehead atoms. The molecule has 6 heteroatoms. The summed E-state index contributed by atoms with van der Waals surface area (Å²) >= 11 is 0. The second kappa shape index (κ2) is 6.56. The van der Waals surface area contributed by atoms with Gasteiger partial charge in [0.25, 0.3) is 0 Å². The maximum absolute atomic E-state index is 12.5. The molecule has 1 saturated heterocycles. The van der Waals surface area contributed by atoms with Crippen molar-refractivity contribution >= 4 is 17.7 Å². The van der Waals surface area contributed by atoms with Gasteiger partial charge in [0.15, 0.2) is 0 Å². The Bertz CT molecular complexity index is 430. The molecule has 0 aromatic carbocycles. The zero-order valence-corrected chi connectivity index (χ0v) is 13.0. The highest BCUT2D eigenvalue weighted by Crippen LogP contribution is 2.46. The molecule has 0 aromatic rings. The van der Waals surface area contributed by atoms with Crippen LogP contribution in [0.3, 0.4) is 0 Å². The summed E-state index contributed by atoms with van der Waals surface area (Å²) in [5, 5.41) is 2.79. The lowest BCUT2D eigenvalue weighted by atomic mass is 9.85. The van der Waals surface area contributed by atoms with Gasteiger partial charge in [0.2, 0.25) is 17.7 Å². The van der Waals surface area contributed by atoms with Crippen molar-refractivity contribution in [1.29, 1.82) is 0 Å². The lowest BCUT2D eigenvalue weighted by Crippen LogP contribution is -2.44. The third kappa shape index (κ3) is 3.43. The van der Waals surface area contributed by atoms with Crippen molar-refractivity contribution in [1.82, 2.24) is 15.1 Å². The van der Waals surface area contributed by atoms with Crippen molar-refractivity contribution in [2.75, 3.05) is 26.8 Å². The van der Waals surface area contributed by atoms with Gasteiger partial charge in [-0.25, -0.2) is 0 Å². The molecule has 6 nitrogen and oxygen atoms in total. The van der Waals surface area contributed by atoms with E-state index in [1.807, 2.05) is 6.92 Å². The summed E-state index contributed by atoms with van der Waals surface area (Å²) < 4.78 is 0. The molecule has 2 aliphatic rings. The van der Waals surface area contributed by atoms with Crippen molar-refractivity contribution in [3.63, 3.8) is 0 Å². The standard InChI is InChI=1S/C15H25N3O3/c1-3-8-16-12(19)10-17(2)11-18-13(20)9-15(14(18)21)6-4-5-7-15/h3-11H2,1-2H3,(H,16,19). The maximum Gasteiger partial charge on any atom is 0.237 e. The van der Waals surface area contributed by atoms with Gasteiger partial charge in [-0.15, -0.1) is 0 Å². The van der Waals surface area contributed by atoms with E-state index in [1.165, 1.54) is 4.90 Å². The molecule has 2 rings (SSSR count). The summed E-state index contributed by atoms with van der Waals surface area (Å²) in [6.45, 7) is 3.05. The highest BCUT2D eigenvalue weighted by Gasteiger charge is 2.52. The van der Waals surface area contributed by atoms with E-state index >= 15 is 0 Å². The van der Waals surface area contributed by atoms with Gasteiger partial charge < -0.3 is 5.32 Å². The average molecular weight is 295 g/mol. The maximum atomic E-state index is 12.5. The number of carbonyl (C=O) groups is 3. The smallest absolute Gasteiger partial charge is 0.237 e. The minimum atomic E-state index is -0.428. The Hall–Kier alpha value is -1.43. The van der Waals surface area contributed by atoms with Gasteiger partial charge in [0, 0.05) is 13.0 Å². The largest absolute Gasteiger partial charge is 0.355 e. The van der Waals surface area contributed by atoms with Crippen molar-refractivity contribution in [2.24, 2.45) is 5.41 Å². The predicted octanol–water partition coefficient (Wildman–Crippen LogP) is 0.721. The van der Waals surface area contributed by atoms with Crippen LogP contribution in [0.4, 0.5) is 0 Å². The van der Waals surface area contributed by atoms with Crippen molar-refractivity contribution in [3.8, 4) is 0 Å². The van der Waals surface area contributed by atoms with Crippen LogP contribution in [-0.4, -0.2) is 54.3 Å². The van der Waals surface area contributed by atoms with Gasteiger partial charge in [-0.1, -0.05) is 19.8 Å². The normalized spacial score (nSPS) is 20.8. The number of hydrogen-bond acceptors (Lipinski definition) is 4. The lowest BCUT2D eigenvalue weighted by Gasteiger charge is -2.25. The topological polar surface area (TPSA) is 69.7 Å². The summed E-state index contributed by atoms with van der Waals surface area (Å²) in [5.74, 6) is -0.206. The van der Waals surface area contributed by atoms with Gasteiger partial charge in [-0.2, -0.15) is 0 Å². The SMILES string of the molecule is CCCNC(=O)CN(C)CN1C(=O)CC2(CCCC2)C1=O. The van der Waals surface area contributed by atoms with Gasteiger partial charge >= 0.3 is 0 Å². The third-order valence-corrected chi connectivity index (χ3v) is 4.42. The summed E-state index contributed by atoms with van der Waals surface area (Å²) in [6.07, 6.45) is 4.95. The zero-order valence-electron chi connectivity index (χ0n) is 13.0. The van der Waals surface area contributed by atoms with Crippen LogP contribution in [0.2, 0.25) is 0 Å². The molecule has 1 N–H and O–H groups in total. The molecule has 1 spiro atoms. The molecule has 1 aliphatic heterocycles. The Kier molecular flexibility index (Phi) is 4.98. The molecule has 0 radical (unpaired) electrons. The summed E-state index contributed by atoms with van der Waals surface area (Å²) in [4.78, 5) is 39.3. The molecule has 1 heterocycles. The second-order valence-corrected chi connectivity index (χ2v) is 6.30. The molecule has 0 unspecified atom stereocenters. The number of nitrogens with zero attached hydrogens (tertiary/aromatic N) is 2. The molecule has 1 saturated carbocycles. The number of rotatable bonds is 6. The summed E-state index contributed by atoms with van der Waals surface area (Å²) in [7, 11) is 1.76. The number of amides is 3. The molecule has 2 fully saturated rings. The molecular formula is C15H25N3O3. The van der Waals surface area contributed by atoms with E-state index in [-0.39, 0.29) is 30.9 Å². The minimum Gasteiger partial charge on any atom is -0.355 e. The van der Waals surface area contributed by atoms with E-state index in [0.717, 1.165) is 32.1 Å². The molecule has 0 aromatic heterocycles. The fraction of sp³-hybridized carbons (Fsp3) is 0.800. The van der Waals surface area contributed by atoms with Gasteiger partial charge in [-0.3, -0.25) is 24.2 Å². The van der Waals surface area contributed by atoms with Crippen LogP contribution in [-0.2, 0) is 14.4 Å². The zero-order chi connectivity index (χ0) is 15.5. The number of likely N-dealkylation sites (N-methyl/N-ethyl adjacent to an activating group) is 1. The van der Waals surface area contributed by atoms with Gasteiger partial charge in [-0.05, 0) is 26.3 Å². The number of hydrogen-bond donors (Lipinski definition) is 1. The van der Waals surface area contributed by atoms with Gasteiger partial charge in [0.1, 0.15) is 0 Å². The highest BCUT2D eigenvalue weighted by atomic mass is 16.2. The van der Waals surface area contributed by atoms with Crippen LogP contribution < -0.4 is 5.32 Å². The van der Waals surface area contributed by atoms with E-state index < -0.39 is 5.41 Å². The Labute approximate surface area is 125 Å². The molecule has 3 amide bonds. The van der Waals surface area contributed by atoms with Crippen molar-refractivity contribution < 1.29 is 14.4 Å². The first-order valence-electron chi connectivity index (χ1n) is 7.78. The average Bonchev–Trinajstić information content (AvgIpc) is 2.98. The van der Waals surface area contributed by atoms with E-state index in [0.29, 0.717) is 13.0 Å².